The van der Waals surface area contributed by atoms with E-state index in [0.717, 1.165) is 16.3 Å². The van der Waals surface area contributed by atoms with E-state index in [1.807, 2.05) is 56.3 Å². The van der Waals surface area contributed by atoms with Crippen LogP contribution in [0, 0.1) is 0 Å². The zero-order chi connectivity index (χ0) is 24.5. The zero-order valence-electron chi connectivity index (χ0n) is 19.5. The molecule has 176 valence electrons. The van der Waals surface area contributed by atoms with Gasteiger partial charge in [0.1, 0.15) is 17.3 Å². The van der Waals surface area contributed by atoms with E-state index in [0.29, 0.717) is 17.1 Å². The predicted octanol–water partition coefficient (Wildman–Crippen LogP) is 5.84. The Bertz CT molecular complexity index is 1430. The number of amides is 1. The average Bonchev–Trinajstić information content (AvgIpc) is 3.45. The van der Waals surface area contributed by atoms with E-state index < -0.39 is 17.7 Å². The lowest BCUT2D eigenvalue weighted by Gasteiger charge is -2.25. The van der Waals surface area contributed by atoms with E-state index in [1.165, 1.54) is 11.2 Å². The molecule has 0 aliphatic carbocycles. The van der Waals surface area contributed by atoms with Crippen LogP contribution in [0.3, 0.4) is 0 Å². The summed E-state index contributed by atoms with van der Waals surface area (Å²) in [5, 5.41) is 13.3. The molecule has 4 aromatic rings. The normalized spacial score (nSPS) is 17.5. The quantitative estimate of drug-likeness (QED) is 0.219. The van der Waals surface area contributed by atoms with Crippen LogP contribution in [0.5, 0.6) is 5.75 Å². The molecule has 6 heteroatoms. The van der Waals surface area contributed by atoms with Crippen molar-refractivity contribution < 1.29 is 23.8 Å². The summed E-state index contributed by atoms with van der Waals surface area (Å²) in [6.45, 7) is 3.92. The predicted molar refractivity (Wildman–Crippen MR) is 133 cm³/mol. The number of fused-ring (bicyclic) bond motifs is 1. The number of hydrogen-bond acceptors (Lipinski definition) is 5. The number of likely N-dealkylation sites (tertiary alicyclic amines) is 1. The van der Waals surface area contributed by atoms with Gasteiger partial charge in [-0.2, -0.15) is 0 Å². The summed E-state index contributed by atoms with van der Waals surface area (Å²) in [7, 11) is 0. The molecule has 0 radical (unpaired) electrons. The van der Waals surface area contributed by atoms with Gasteiger partial charge in [-0.1, -0.05) is 54.6 Å². The van der Waals surface area contributed by atoms with Gasteiger partial charge in [-0.05, 0) is 54.4 Å². The van der Waals surface area contributed by atoms with Crippen LogP contribution in [0.25, 0.3) is 16.5 Å². The highest BCUT2D eigenvalue weighted by molar-refractivity contribution is 6.46. The van der Waals surface area contributed by atoms with Crippen molar-refractivity contribution in [1.29, 1.82) is 0 Å². The molecule has 1 atom stereocenters. The molecule has 0 bridgehead atoms. The van der Waals surface area contributed by atoms with Crippen molar-refractivity contribution in [2.45, 2.75) is 32.5 Å². The maximum absolute atomic E-state index is 13.4. The van der Waals surface area contributed by atoms with E-state index in [2.05, 4.69) is 0 Å². The second kappa shape index (κ2) is 9.14. The fraction of sp³-hybridized carbons (Fsp3) is 0.172. The maximum Gasteiger partial charge on any atom is 0.296 e. The lowest BCUT2D eigenvalue weighted by atomic mass is 9.91. The van der Waals surface area contributed by atoms with Gasteiger partial charge >= 0.3 is 0 Å². The lowest BCUT2D eigenvalue weighted by molar-refractivity contribution is -0.140. The van der Waals surface area contributed by atoms with Crippen LogP contribution in [-0.4, -0.2) is 27.8 Å². The monoisotopic (exact) mass is 467 g/mol. The third-order valence-electron chi connectivity index (χ3n) is 6.04. The summed E-state index contributed by atoms with van der Waals surface area (Å²) in [6, 6.07) is 23.1. The van der Waals surface area contributed by atoms with Gasteiger partial charge in [0.05, 0.1) is 30.5 Å². The second-order valence-electron chi connectivity index (χ2n) is 8.77. The number of furan rings is 1. The average molecular weight is 468 g/mol. The Morgan fingerprint density at radius 1 is 1.00 bits per heavy atom. The third kappa shape index (κ3) is 4.19. The van der Waals surface area contributed by atoms with Gasteiger partial charge in [-0.15, -0.1) is 0 Å². The Kier molecular flexibility index (Phi) is 5.87. The molecule has 1 amide bonds. The lowest BCUT2D eigenvalue weighted by Crippen LogP contribution is -2.29. The number of aliphatic hydroxyl groups is 1. The Balaban J connectivity index is 1.70. The molecule has 1 aliphatic heterocycles. The number of Topliss-reactive ketones (excluding diaryl/α,β-unsaturated/α-hetero) is 1. The fourth-order valence-electron chi connectivity index (χ4n) is 4.57. The van der Waals surface area contributed by atoms with Crippen molar-refractivity contribution in [3.05, 3.63) is 108 Å². The number of ether oxygens (including phenoxy) is 1. The second-order valence-corrected chi connectivity index (χ2v) is 8.77. The molecule has 3 aromatic carbocycles. The Labute approximate surface area is 203 Å². The SMILES string of the molecule is CC(C)Oc1cccc(/C(O)=C2/C(=O)C(=O)N(Cc3ccco3)C2c2cccc3ccccc23)c1. The number of carbonyl (C=O) groups excluding carboxylic acids is 2. The van der Waals surface area contributed by atoms with Gasteiger partial charge in [0.2, 0.25) is 0 Å². The number of rotatable bonds is 6. The minimum atomic E-state index is -0.791. The number of hydrogen-bond donors (Lipinski definition) is 1. The highest BCUT2D eigenvalue weighted by atomic mass is 16.5. The molecule has 2 heterocycles. The first kappa shape index (κ1) is 22.5. The molecule has 1 unspecified atom stereocenters. The summed E-state index contributed by atoms with van der Waals surface area (Å²) in [5.74, 6) is -0.546. The molecule has 0 saturated carbocycles. The Morgan fingerprint density at radius 3 is 2.54 bits per heavy atom. The summed E-state index contributed by atoms with van der Waals surface area (Å²) in [6.07, 6.45) is 1.47. The van der Waals surface area contributed by atoms with Crippen LogP contribution in [-0.2, 0) is 16.1 Å². The molecule has 1 fully saturated rings. The van der Waals surface area contributed by atoms with E-state index in [-0.39, 0.29) is 24.0 Å². The van der Waals surface area contributed by atoms with Crippen molar-refractivity contribution in [3.63, 3.8) is 0 Å². The van der Waals surface area contributed by atoms with Gasteiger partial charge in [0.15, 0.2) is 0 Å². The molecule has 1 N–H and O–H groups in total. The maximum atomic E-state index is 13.4. The molecule has 5 rings (SSSR count). The molecule has 35 heavy (non-hydrogen) atoms. The van der Waals surface area contributed by atoms with Gasteiger partial charge in [0.25, 0.3) is 11.7 Å². The topological polar surface area (TPSA) is 80.0 Å². The Hall–Kier alpha value is -4.32. The number of aliphatic hydroxyl groups excluding tert-OH is 1. The van der Waals surface area contributed by atoms with Crippen LogP contribution in [0.2, 0.25) is 0 Å². The zero-order valence-corrected chi connectivity index (χ0v) is 19.5. The molecule has 0 spiro atoms. The van der Waals surface area contributed by atoms with Crippen LogP contribution in [0.15, 0.2) is 95.1 Å². The highest BCUT2D eigenvalue weighted by Crippen LogP contribution is 2.42. The minimum absolute atomic E-state index is 0.0413. The first-order valence-electron chi connectivity index (χ1n) is 11.5. The number of ketones is 1. The van der Waals surface area contributed by atoms with Crippen molar-refractivity contribution in [1.82, 2.24) is 4.90 Å². The van der Waals surface area contributed by atoms with Gasteiger partial charge < -0.3 is 19.2 Å². The molecule has 6 nitrogen and oxygen atoms in total. The third-order valence-corrected chi connectivity index (χ3v) is 6.04. The molecule has 1 aromatic heterocycles. The van der Waals surface area contributed by atoms with Crippen LogP contribution >= 0.6 is 0 Å². The molecular weight excluding hydrogens is 442 g/mol. The van der Waals surface area contributed by atoms with Crippen LogP contribution in [0.1, 0.15) is 36.8 Å². The molecule has 1 saturated heterocycles. The summed E-state index contributed by atoms with van der Waals surface area (Å²) in [4.78, 5) is 28.1. The van der Waals surface area contributed by atoms with E-state index in [4.69, 9.17) is 9.15 Å². The van der Waals surface area contributed by atoms with E-state index in [9.17, 15) is 14.7 Å². The van der Waals surface area contributed by atoms with Gasteiger partial charge in [-0.25, -0.2) is 0 Å². The van der Waals surface area contributed by atoms with E-state index in [1.54, 1.807) is 36.4 Å². The first-order chi connectivity index (χ1) is 16.9. The molecule has 1 aliphatic rings. The largest absolute Gasteiger partial charge is 0.507 e. The van der Waals surface area contributed by atoms with Crippen LogP contribution in [0.4, 0.5) is 0 Å². The standard InChI is InChI=1S/C29H25NO5/c1-18(2)35-21-11-5-10-20(16-21)27(31)25-26(24-14-6-9-19-8-3-4-13-23(19)24)30(29(33)28(25)32)17-22-12-7-15-34-22/h3-16,18,26,31H,17H2,1-2H3/b27-25-. The highest BCUT2D eigenvalue weighted by Gasteiger charge is 2.46. The number of carbonyl (C=O) groups is 2. The summed E-state index contributed by atoms with van der Waals surface area (Å²) >= 11 is 0. The fourth-order valence-corrected chi connectivity index (χ4v) is 4.57. The van der Waals surface area contributed by atoms with Crippen LogP contribution < -0.4 is 4.74 Å². The van der Waals surface area contributed by atoms with Gasteiger partial charge in [0, 0.05) is 5.56 Å². The van der Waals surface area contributed by atoms with Crippen molar-refractivity contribution >= 4 is 28.2 Å². The summed E-state index contributed by atoms with van der Waals surface area (Å²) in [5.41, 5.74) is 1.20. The number of benzene rings is 3. The van der Waals surface area contributed by atoms with E-state index >= 15 is 0 Å². The van der Waals surface area contributed by atoms with Crippen molar-refractivity contribution in [3.8, 4) is 5.75 Å². The van der Waals surface area contributed by atoms with Crippen molar-refractivity contribution in [2.24, 2.45) is 0 Å². The smallest absolute Gasteiger partial charge is 0.296 e. The molecular formula is C29H25NO5. The first-order valence-corrected chi connectivity index (χ1v) is 11.5. The summed E-state index contributed by atoms with van der Waals surface area (Å²) < 4.78 is 11.3. The number of nitrogens with zero attached hydrogens (tertiary/aromatic N) is 1. The van der Waals surface area contributed by atoms with Gasteiger partial charge in [-0.3, -0.25) is 9.59 Å². The van der Waals surface area contributed by atoms with Crippen molar-refractivity contribution in [2.75, 3.05) is 0 Å². The Morgan fingerprint density at radius 2 is 1.77 bits per heavy atom. The minimum Gasteiger partial charge on any atom is -0.507 e.